The number of carbonyl (C=O) groups is 1. The van der Waals surface area contributed by atoms with Gasteiger partial charge in [-0.05, 0) is 34.5 Å². The number of likely N-dealkylation sites (N-methyl/N-ethyl adjacent to an activating group) is 1. The van der Waals surface area contributed by atoms with Crippen molar-refractivity contribution >= 4 is 21.8 Å². The van der Waals surface area contributed by atoms with Crippen molar-refractivity contribution in [3.8, 4) is 11.3 Å². The Morgan fingerprint density at radius 3 is 2.38 bits per heavy atom. The summed E-state index contributed by atoms with van der Waals surface area (Å²) in [7, 11) is 1.69. The zero-order valence-corrected chi connectivity index (χ0v) is 13.3. The number of aliphatic hydroxyl groups is 1. The molecule has 1 aliphatic heterocycles. The minimum atomic E-state index is -0.722. The third-order valence-electron chi connectivity index (χ3n) is 3.18. The molecule has 1 fully saturated rings. The molecule has 1 saturated heterocycles. The Bertz CT molecular complexity index is 592. The molecule has 110 valence electrons. The van der Waals surface area contributed by atoms with E-state index in [1.807, 2.05) is 36.4 Å². The lowest BCUT2D eigenvalue weighted by Gasteiger charge is -2.04. The summed E-state index contributed by atoms with van der Waals surface area (Å²) < 4.78 is 0.869. The lowest BCUT2D eigenvalue weighted by atomic mass is 10.1. The van der Waals surface area contributed by atoms with Crippen molar-refractivity contribution in [3.63, 3.8) is 0 Å². The van der Waals surface area contributed by atoms with E-state index in [9.17, 15) is 4.79 Å². The minimum absolute atomic E-state index is 0.148. The Labute approximate surface area is 132 Å². The molecule has 0 spiro atoms. The number of benzene rings is 1. The van der Waals surface area contributed by atoms with Crippen LogP contribution in [0, 0.1) is 0 Å². The normalized spacial score (nSPS) is 17.4. The molecule has 1 aromatic heterocycles. The van der Waals surface area contributed by atoms with Crippen LogP contribution in [0.3, 0.4) is 0 Å². The number of nitrogens with zero attached hydrogens (tertiary/aromatic N) is 2. The maximum absolute atomic E-state index is 10.6. The molecule has 2 aromatic rings. The van der Waals surface area contributed by atoms with Crippen molar-refractivity contribution in [1.29, 1.82) is 0 Å². The number of rotatable bonds is 1. The van der Waals surface area contributed by atoms with Crippen LogP contribution in [0.4, 0.5) is 0 Å². The fourth-order valence-corrected chi connectivity index (χ4v) is 2.33. The molecular formula is C16H17BrN2O2. The first-order chi connectivity index (χ1) is 10.1. The van der Waals surface area contributed by atoms with Gasteiger partial charge in [0.05, 0.1) is 5.69 Å². The molecule has 1 aromatic carbocycles. The summed E-state index contributed by atoms with van der Waals surface area (Å²) in [5.41, 5.74) is 2.14. The summed E-state index contributed by atoms with van der Waals surface area (Å²) in [6, 6.07) is 16.0. The molecule has 1 unspecified atom stereocenters. The number of aliphatic hydroxyl groups excluding tert-OH is 1. The van der Waals surface area contributed by atoms with Crippen molar-refractivity contribution in [1.82, 2.24) is 9.88 Å². The van der Waals surface area contributed by atoms with Gasteiger partial charge in [0.15, 0.2) is 0 Å². The molecule has 1 N–H and O–H groups in total. The fraction of sp³-hybridized carbons (Fsp3) is 0.250. The van der Waals surface area contributed by atoms with Crippen LogP contribution in [0.5, 0.6) is 0 Å². The van der Waals surface area contributed by atoms with Gasteiger partial charge < -0.3 is 10.0 Å². The third kappa shape index (κ3) is 4.37. The van der Waals surface area contributed by atoms with Crippen molar-refractivity contribution in [2.24, 2.45) is 0 Å². The van der Waals surface area contributed by atoms with Gasteiger partial charge in [-0.1, -0.05) is 36.4 Å². The molecule has 5 heteroatoms. The first kappa shape index (κ1) is 15.7. The van der Waals surface area contributed by atoms with Crippen molar-refractivity contribution in [2.75, 3.05) is 13.6 Å². The second-order valence-corrected chi connectivity index (χ2v) is 5.59. The van der Waals surface area contributed by atoms with Gasteiger partial charge in [0.25, 0.3) is 5.91 Å². The van der Waals surface area contributed by atoms with E-state index in [1.54, 1.807) is 7.05 Å². The van der Waals surface area contributed by atoms with Crippen LogP contribution in [-0.4, -0.2) is 40.6 Å². The molecule has 21 heavy (non-hydrogen) atoms. The van der Waals surface area contributed by atoms with Gasteiger partial charge in [0.1, 0.15) is 10.7 Å². The number of hydrogen-bond donors (Lipinski definition) is 1. The van der Waals surface area contributed by atoms with E-state index in [0.29, 0.717) is 13.0 Å². The summed E-state index contributed by atoms with van der Waals surface area (Å²) in [5.74, 6) is -0.148. The number of amides is 1. The SMILES string of the molecule is Brc1cccc(-c2ccccc2)n1.CN1CCC(O)C1=O. The lowest BCUT2D eigenvalue weighted by molar-refractivity contribution is -0.133. The largest absolute Gasteiger partial charge is 0.383 e. The highest BCUT2D eigenvalue weighted by Crippen LogP contribution is 2.18. The van der Waals surface area contributed by atoms with Gasteiger partial charge in [-0.2, -0.15) is 0 Å². The van der Waals surface area contributed by atoms with Crippen LogP contribution in [0.2, 0.25) is 0 Å². The first-order valence-electron chi connectivity index (χ1n) is 6.69. The van der Waals surface area contributed by atoms with E-state index in [0.717, 1.165) is 15.9 Å². The summed E-state index contributed by atoms with van der Waals surface area (Å²) in [6.07, 6.45) is -0.130. The molecular weight excluding hydrogens is 332 g/mol. The van der Waals surface area contributed by atoms with Crippen molar-refractivity contribution in [3.05, 3.63) is 53.1 Å². The molecule has 1 atom stereocenters. The Balaban J connectivity index is 0.000000173. The highest BCUT2D eigenvalue weighted by molar-refractivity contribution is 9.10. The van der Waals surface area contributed by atoms with Crippen LogP contribution in [0.1, 0.15) is 6.42 Å². The summed E-state index contributed by atoms with van der Waals surface area (Å²) in [4.78, 5) is 16.5. The topological polar surface area (TPSA) is 53.4 Å². The van der Waals surface area contributed by atoms with Crippen LogP contribution in [0.25, 0.3) is 11.3 Å². The number of likely N-dealkylation sites (tertiary alicyclic amines) is 1. The van der Waals surface area contributed by atoms with Crippen LogP contribution >= 0.6 is 15.9 Å². The third-order valence-corrected chi connectivity index (χ3v) is 3.63. The maximum atomic E-state index is 10.6. The fourth-order valence-electron chi connectivity index (χ4n) is 1.98. The van der Waals surface area contributed by atoms with E-state index in [4.69, 9.17) is 5.11 Å². The molecule has 0 radical (unpaired) electrons. The van der Waals surface area contributed by atoms with Gasteiger partial charge in [0, 0.05) is 19.2 Å². The Morgan fingerprint density at radius 1 is 1.19 bits per heavy atom. The maximum Gasteiger partial charge on any atom is 0.251 e. The number of halogens is 1. The smallest absolute Gasteiger partial charge is 0.251 e. The number of carbonyl (C=O) groups excluding carboxylic acids is 1. The molecule has 2 heterocycles. The second kappa shape index (κ2) is 7.33. The number of pyridine rings is 1. The molecule has 4 nitrogen and oxygen atoms in total. The van der Waals surface area contributed by atoms with E-state index in [2.05, 4.69) is 33.0 Å². The molecule has 3 rings (SSSR count). The average molecular weight is 349 g/mol. The predicted octanol–water partition coefficient (Wildman–Crippen LogP) is 2.72. The zero-order valence-electron chi connectivity index (χ0n) is 11.7. The lowest BCUT2D eigenvalue weighted by Crippen LogP contribution is -2.24. The van der Waals surface area contributed by atoms with E-state index >= 15 is 0 Å². The van der Waals surface area contributed by atoms with Gasteiger partial charge >= 0.3 is 0 Å². The molecule has 0 aliphatic carbocycles. The second-order valence-electron chi connectivity index (χ2n) is 4.78. The minimum Gasteiger partial charge on any atom is -0.383 e. The summed E-state index contributed by atoms with van der Waals surface area (Å²) in [6.45, 7) is 0.694. The van der Waals surface area contributed by atoms with Gasteiger partial charge in [-0.3, -0.25) is 4.79 Å². The number of aromatic nitrogens is 1. The standard InChI is InChI=1S/C11H8BrN.C5H9NO2/c12-11-8-4-7-10(13-11)9-5-2-1-3-6-9;1-6-3-2-4(7)5(6)8/h1-8H;4,7H,2-3H2,1H3. The van der Waals surface area contributed by atoms with Crippen LogP contribution in [0.15, 0.2) is 53.1 Å². The van der Waals surface area contributed by atoms with Crippen LogP contribution in [-0.2, 0) is 4.79 Å². The van der Waals surface area contributed by atoms with E-state index < -0.39 is 6.10 Å². The quantitative estimate of drug-likeness (QED) is 0.806. The Morgan fingerprint density at radius 2 is 1.90 bits per heavy atom. The predicted molar refractivity (Wildman–Crippen MR) is 85.6 cm³/mol. The van der Waals surface area contributed by atoms with Gasteiger partial charge in [0.2, 0.25) is 0 Å². The monoisotopic (exact) mass is 348 g/mol. The number of hydrogen-bond acceptors (Lipinski definition) is 3. The first-order valence-corrected chi connectivity index (χ1v) is 7.48. The molecule has 0 saturated carbocycles. The highest BCUT2D eigenvalue weighted by Gasteiger charge is 2.25. The van der Waals surface area contributed by atoms with Crippen molar-refractivity contribution in [2.45, 2.75) is 12.5 Å². The van der Waals surface area contributed by atoms with Gasteiger partial charge in [-0.15, -0.1) is 0 Å². The molecule has 0 bridgehead atoms. The van der Waals surface area contributed by atoms with Crippen LogP contribution < -0.4 is 0 Å². The molecule has 1 aliphatic rings. The highest BCUT2D eigenvalue weighted by atomic mass is 79.9. The van der Waals surface area contributed by atoms with E-state index in [-0.39, 0.29) is 5.91 Å². The van der Waals surface area contributed by atoms with E-state index in [1.165, 1.54) is 4.90 Å². The van der Waals surface area contributed by atoms with Crippen molar-refractivity contribution < 1.29 is 9.90 Å². The summed E-state index contributed by atoms with van der Waals surface area (Å²) >= 11 is 3.35. The Kier molecular flexibility index (Phi) is 5.47. The van der Waals surface area contributed by atoms with Gasteiger partial charge in [-0.25, -0.2) is 4.98 Å². The zero-order chi connectivity index (χ0) is 15.2. The summed E-state index contributed by atoms with van der Waals surface area (Å²) in [5, 5.41) is 8.78. The Hall–Kier alpha value is -1.72. The average Bonchev–Trinajstić information content (AvgIpc) is 2.80. The molecule has 1 amide bonds.